The zero-order chi connectivity index (χ0) is 28.4. The van der Waals surface area contributed by atoms with Crippen molar-refractivity contribution in [3.63, 3.8) is 0 Å². The molecule has 3 fully saturated rings. The molecule has 3 aliphatic rings. The van der Waals surface area contributed by atoms with Crippen LogP contribution in [0.1, 0.15) is 103 Å². The molecule has 2 heterocycles. The van der Waals surface area contributed by atoms with Crippen molar-refractivity contribution in [1.82, 2.24) is 25.2 Å². The predicted octanol–water partition coefficient (Wildman–Crippen LogP) is 0.819. The van der Waals surface area contributed by atoms with Gasteiger partial charge in [0.25, 0.3) is 5.91 Å². The molecule has 1 aromatic heterocycles. The molecule has 0 aromatic carbocycles. The van der Waals surface area contributed by atoms with Crippen LogP contribution in [0.4, 0.5) is 0 Å². The average Bonchev–Trinajstić information content (AvgIpc) is 3.56. The number of nitrogens with zero attached hydrogens (tertiary/aromatic N) is 4. The number of amides is 3. The van der Waals surface area contributed by atoms with E-state index >= 15 is 0 Å². The number of aliphatic hydroxyl groups is 1. The van der Waals surface area contributed by atoms with E-state index < -0.39 is 46.9 Å². The molecule has 1 aliphatic heterocycles. The highest BCUT2D eigenvalue weighted by Crippen LogP contribution is 2.35. The van der Waals surface area contributed by atoms with Gasteiger partial charge in [0.05, 0.1) is 24.0 Å². The zero-order valence-electron chi connectivity index (χ0n) is 23.1. The number of rotatable bonds is 9. The van der Waals surface area contributed by atoms with Gasteiger partial charge in [-0.1, -0.05) is 56.6 Å². The fourth-order valence-electron chi connectivity index (χ4n) is 6.65. The van der Waals surface area contributed by atoms with Crippen LogP contribution in [0.5, 0.6) is 0 Å². The van der Waals surface area contributed by atoms with Gasteiger partial charge in [-0.3, -0.25) is 19.2 Å². The molecule has 3 amide bonds. The molecule has 2 aliphatic carbocycles. The summed E-state index contributed by atoms with van der Waals surface area (Å²) in [5, 5.41) is 21.6. The summed E-state index contributed by atoms with van der Waals surface area (Å²) in [6, 6.07) is -2.13. The first-order chi connectivity index (χ1) is 18.4. The lowest BCUT2D eigenvalue weighted by Crippen LogP contribution is -2.62. The third-order valence-corrected chi connectivity index (χ3v) is 8.77. The minimum Gasteiger partial charge on any atom is -0.384 e. The molecule has 0 radical (unpaired) electrons. The maximum absolute atomic E-state index is 13.8. The molecule has 12 nitrogen and oxygen atoms in total. The number of aromatic nitrogens is 3. The number of primary amides is 1. The molecular weight excluding hydrogens is 502 g/mol. The standard InChI is InChI=1S/C27H43N7O5/c1-26(2,39)21-15-30-32-34(21)18-14-20(24(37)31-27(22(35)23(29)36)11-7-4-8-12-27)33(16-18)25(38)19(28)13-17-9-5-3-6-10-17/h15,17-20,39H,3-14,16,28H2,1-2H3,(H2,29,36)(H,31,37)/t18-,19+,20-/m0/s1. The van der Waals surface area contributed by atoms with Crippen molar-refractivity contribution < 1.29 is 24.3 Å². The molecule has 39 heavy (non-hydrogen) atoms. The molecule has 0 spiro atoms. The Bertz CT molecular complexity index is 1070. The van der Waals surface area contributed by atoms with E-state index in [2.05, 4.69) is 15.6 Å². The second-order valence-corrected chi connectivity index (χ2v) is 12.2. The Balaban J connectivity index is 1.60. The van der Waals surface area contributed by atoms with Crippen LogP contribution in [-0.4, -0.2) is 72.7 Å². The molecule has 0 unspecified atom stereocenters. The Labute approximate surface area is 229 Å². The van der Waals surface area contributed by atoms with Crippen LogP contribution < -0.4 is 16.8 Å². The molecule has 1 saturated heterocycles. The molecule has 216 valence electrons. The molecule has 4 rings (SSSR count). The highest BCUT2D eigenvalue weighted by atomic mass is 16.3. The molecule has 2 saturated carbocycles. The number of Topliss-reactive ketones (excluding diaryl/α,β-unsaturated/α-hetero) is 1. The van der Waals surface area contributed by atoms with Crippen LogP contribution >= 0.6 is 0 Å². The summed E-state index contributed by atoms with van der Waals surface area (Å²) in [4.78, 5) is 53.8. The van der Waals surface area contributed by atoms with Crippen LogP contribution in [0, 0.1) is 5.92 Å². The third kappa shape index (κ3) is 6.32. The van der Waals surface area contributed by atoms with Crippen LogP contribution in [0.15, 0.2) is 6.20 Å². The van der Waals surface area contributed by atoms with E-state index in [1.165, 1.54) is 17.5 Å². The molecule has 0 bridgehead atoms. The topological polar surface area (TPSA) is 187 Å². The highest BCUT2D eigenvalue weighted by Gasteiger charge is 2.48. The van der Waals surface area contributed by atoms with Gasteiger partial charge in [-0.15, -0.1) is 5.10 Å². The van der Waals surface area contributed by atoms with Gasteiger partial charge in [0.1, 0.15) is 17.2 Å². The molecule has 3 atom stereocenters. The van der Waals surface area contributed by atoms with E-state index in [1.54, 1.807) is 18.5 Å². The summed E-state index contributed by atoms with van der Waals surface area (Å²) in [5.74, 6) is -2.36. The Hall–Kier alpha value is -2.86. The van der Waals surface area contributed by atoms with E-state index in [0.29, 0.717) is 43.7 Å². The number of hydrogen-bond acceptors (Lipinski definition) is 8. The van der Waals surface area contributed by atoms with E-state index in [0.717, 1.165) is 32.1 Å². The average molecular weight is 546 g/mol. The van der Waals surface area contributed by atoms with E-state index in [1.807, 2.05) is 0 Å². The Morgan fingerprint density at radius 1 is 1.13 bits per heavy atom. The molecule has 6 N–H and O–H groups in total. The monoisotopic (exact) mass is 545 g/mol. The van der Waals surface area contributed by atoms with Crippen LogP contribution in [-0.2, 0) is 24.8 Å². The van der Waals surface area contributed by atoms with Crippen molar-refractivity contribution in [2.45, 2.75) is 120 Å². The van der Waals surface area contributed by atoms with Crippen molar-refractivity contribution in [2.75, 3.05) is 6.54 Å². The SMILES string of the molecule is CC(C)(O)c1cnnn1[C@H]1C[C@@H](C(=O)NC2(C(=O)C(N)=O)CCCCC2)N(C(=O)[C@H](N)CC2CCCCC2)C1. The summed E-state index contributed by atoms with van der Waals surface area (Å²) < 4.78 is 1.56. The first kappa shape index (κ1) is 29.1. The van der Waals surface area contributed by atoms with E-state index in [4.69, 9.17) is 11.5 Å². The van der Waals surface area contributed by atoms with Gasteiger partial charge >= 0.3 is 0 Å². The fourth-order valence-corrected chi connectivity index (χ4v) is 6.65. The fraction of sp³-hybridized carbons (Fsp3) is 0.778. The number of carbonyl (C=O) groups is 4. The van der Waals surface area contributed by atoms with Gasteiger partial charge in [-0.25, -0.2) is 4.68 Å². The molecular formula is C27H43N7O5. The van der Waals surface area contributed by atoms with E-state index in [9.17, 15) is 24.3 Å². The number of ketones is 1. The summed E-state index contributed by atoms with van der Waals surface area (Å²) in [5.41, 5.74) is 9.65. The lowest BCUT2D eigenvalue weighted by atomic mass is 9.78. The maximum Gasteiger partial charge on any atom is 0.287 e. The number of hydrogen-bond donors (Lipinski definition) is 4. The van der Waals surface area contributed by atoms with Crippen LogP contribution in [0.25, 0.3) is 0 Å². The number of nitrogens with one attached hydrogen (secondary N) is 1. The first-order valence-corrected chi connectivity index (χ1v) is 14.3. The van der Waals surface area contributed by atoms with Crippen molar-refractivity contribution in [3.8, 4) is 0 Å². The number of likely N-dealkylation sites (tertiary alicyclic amines) is 1. The smallest absolute Gasteiger partial charge is 0.287 e. The minimum atomic E-state index is -1.37. The highest BCUT2D eigenvalue weighted by molar-refractivity contribution is 6.39. The number of nitrogens with two attached hydrogens (primary N) is 2. The lowest BCUT2D eigenvalue weighted by Gasteiger charge is -2.37. The molecule has 1 aromatic rings. The van der Waals surface area contributed by atoms with E-state index in [-0.39, 0.29) is 18.9 Å². The Morgan fingerprint density at radius 2 is 1.77 bits per heavy atom. The van der Waals surface area contributed by atoms with Gasteiger partial charge in [0.2, 0.25) is 17.6 Å². The number of carbonyl (C=O) groups excluding carboxylic acids is 4. The van der Waals surface area contributed by atoms with Gasteiger partial charge in [0, 0.05) is 13.0 Å². The van der Waals surface area contributed by atoms with Crippen molar-refractivity contribution in [3.05, 3.63) is 11.9 Å². The second kappa shape index (κ2) is 11.7. The van der Waals surface area contributed by atoms with Gasteiger partial charge in [-0.2, -0.15) is 0 Å². The molecule has 12 heteroatoms. The van der Waals surface area contributed by atoms with Gasteiger partial charge < -0.3 is 26.8 Å². The predicted molar refractivity (Wildman–Crippen MR) is 142 cm³/mol. The van der Waals surface area contributed by atoms with Crippen LogP contribution in [0.3, 0.4) is 0 Å². The summed E-state index contributed by atoms with van der Waals surface area (Å²) >= 11 is 0. The second-order valence-electron chi connectivity index (χ2n) is 12.2. The van der Waals surface area contributed by atoms with Crippen molar-refractivity contribution in [1.29, 1.82) is 0 Å². The van der Waals surface area contributed by atoms with Gasteiger partial charge in [-0.05, 0) is 39.0 Å². The first-order valence-electron chi connectivity index (χ1n) is 14.3. The normalized spacial score (nSPS) is 24.8. The van der Waals surface area contributed by atoms with Gasteiger partial charge in [0.15, 0.2) is 0 Å². The van der Waals surface area contributed by atoms with Crippen molar-refractivity contribution >= 4 is 23.5 Å². The Morgan fingerprint density at radius 3 is 2.38 bits per heavy atom. The summed E-state index contributed by atoms with van der Waals surface area (Å²) in [6.07, 6.45) is 10.6. The zero-order valence-corrected chi connectivity index (χ0v) is 23.1. The minimum absolute atomic E-state index is 0.151. The lowest BCUT2D eigenvalue weighted by molar-refractivity contribution is -0.145. The van der Waals surface area contributed by atoms with Crippen molar-refractivity contribution in [2.24, 2.45) is 17.4 Å². The largest absolute Gasteiger partial charge is 0.384 e. The van der Waals surface area contributed by atoms with Crippen LogP contribution in [0.2, 0.25) is 0 Å². The Kier molecular flexibility index (Phi) is 8.75. The maximum atomic E-state index is 13.8. The quantitative estimate of drug-likeness (QED) is 0.328. The summed E-state index contributed by atoms with van der Waals surface area (Å²) in [7, 11) is 0. The summed E-state index contributed by atoms with van der Waals surface area (Å²) in [6.45, 7) is 3.39. The third-order valence-electron chi connectivity index (χ3n) is 8.77.